The number of carbonyl (C=O) groups is 3. The summed E-state index contributed by atoms with van der Waals surface area (Å²) in [5.74, 6) is -1.58. The molecule has 7 heteroatoms. The molecular weight excluding hydrogens is 444 g/mol. The average molecular weight is 479 g/mol. The molecule has 0 bridgehead atoms. The second-order valence-corrected chi connectivity index (χ2v) is 9.95. The van der Waals surface area contributed by atoms with Gasteiger partial charge in [0, 0.05) is 18.5 Å². The number of aliphatic carboxylic acids is 1. The van der Waals surface area contributed by atoms with Crippen LogP contribution < -0.4 is 10.6 Å². The lowest BCUT2D eigenvalue weighted by Gasteiger charge is -2.29. The van der Waals surface area contributed by atoms with Gasteiger partial charge >= 0.3 is 12.1 Å². The van der Waals surface area contributed by atoms with Crippen LogP contribution in [0.25, 0.3) is 11.1 Å². The van der Waals surface area contributed by atoms with Gasteiger partial charge in [-0.05, 0) is 53.9 Å². The Hall–Kier alpha value is -3.35. The van der Waals surface area contributed by atoms with E-state index in [-0.39, 0.29) is 42.9 Å². The molecule has 2 amide bonds. The molecule has 35 heavy (non-hydrogen) atoms. The summed E-state index contributed by atoms with van der Waals surface area (Å²) in [6.45, 7) is 4.31. The van der Waals surface area contributed by atoms with E-state index in [1.807, 2.05) is 38.1 Å². The van der Waals surface area contributed by atoms with Gasteiger partial charge in [-0.3, -0.25) is 9.59 Å². The maximum atomic E-state index is 12.9. The molecular formula is C28H34N2O5. The highest BCUT2D eigenvalue weighted by atomic mass is 16.5. The van der Waals surface area contributed by atoms with Crippen LogP contribution in [0.3, 0.4) is 0 Å². The number of rotatable bonds is 8. The monoisotopic (exact) mass is 478 g/mol. The quantitative estimate of drug-likeness (QED) is 0.516. The molecule has 1 atom stereocenters. The molecule has 4 rings (SSSR count). The Labute approximate surface area is 206 Å². The van der Waals surface area contributed by atoms with Gasteiger partial charge in [-0.25, -0.2) is 4.79 Å². The fraction of sp³-hybridized carbons (Fsp3) is 0.464. The second-order valence-electron chi connectivity index (χ2n) is 9.95. The minimum atomic E-state index is -0.762. The molecule has 2 aliphatic carbocycles. The molecule has 7 nitrogen and oxygen atoms in total. The predicted octanol–water partition coefficient (Wildman–Crippen LogP) is 4.56. The zero-order valence-corrected chi connectivity index (χ0v) is 20.3. The third-order valence-electron chi connectivity index (χ3n) is 7.37. The second kappa shape index (κ2) is 10.9. The van der Waals surface area contributed by atoms with Gasteiger partial charge in [0.15, 0.2) is 0 Å². The average Bonchev–Trinajstić information content (AvgIpc) is 3.16. The molecule has 2 aromatic carbocycles. The van der Waals surface area contributed by atoms with Gasteiger partial charge in [0.05, 0.1) is 11.8 Å². The SMILES string of the molecule is CC(C)C(CNC(=O)OCC1c2ccccc2-c2ccccc21)C(=O)NC1CCC(C(=O)O)CC1. The molecule has 0 aliphatic heterocycles. The Balaban J connectivity index is 1.29. The number of alkyl carbamates (subject to hydrolysis) is 1. The minimum absolute atomic E-state index is 0.0155. The standard InChI is InChI=1S/C28H34N2O5/c1-17(2)24(26(31)30-19-13-11-18(12-14-19)27(32)33)15-29-28(34)35-16-25-22-9-5-3-7-20(22)21-8-4-6-10-23(21)25/h3-10,17-19,24-25H,11-16H2,1-2H3,(H,29,34)(H,30,31)(H,32,33). The Morgan fingerprint density at radius 1 is 0.943 bits per heavy atom. The molecule has 2 aromatic rings. The summed E-state index contributed by atoms with van der Waals surface area (Å²) in [5, 5.41) is 15.0. The Morgan fingerprint density at radius 3 is 2.06 bits per heavy atom. The van der Waals surface area contributed by atoms with E-state index in [2.05, 4.69) is 34.9 Å². The summed E-state index contributed by atoms with van der Waals surface area (Å²) in [5.41, 5.74) is 4.65. The fourth-order valence-corrected chi connectivity index (χ4v) is 5.27. The van der Waals surface area contributed by atoms with Gasteiger partial charge in [-0.15, -0.1) is 0 Å². The fourth-order valence-electron chi connectivity index (χ4n) is 5.27. The molecule has 0 saturated heterocycles. The summed E-state index contributed by atoms with van der Waals surface area (Å²) in [6.07, 6.45) is 1.93. The van der Waals surface area contributed by atoms with Crippen molar-refractivity contribution in [1.82, 2.24) is 10.6 Å². The van der Waals surface area contributed by atoms with Crippen molar-refractivity contribution in [3.05, 3.63) is 59.7 Å². The van der Waals surface area contributed by atoms with Gasteiger partial charge in [0.2, 0.25) is 5.91 Å². The maximum Gasteiger partial charge on any atom is 0.407 e. The lowest BCUT2D eigenvalue weighted by molar-refractivity contribution is -0.142. The summed E-state index contributed by atoms with van der Waals surface area (Å²) >= 11 is 0. The van der Waals surface area contributed by atoms with E-state index in [0.717, 1.165) is 11.1 Å². The number of ether oxygens (including phenoxy) is 1. The van der Waals surface area contributed by atoms with Crippen LogP contribution in [-0.2, 0) is 14.3 Å². The molecule has 3 N–H and O–H groups in total. The summed E-state index contributed by atoms with van der Waals surface area (Å²) in [6, 6.07) is 16.3. The molecule has 0 heterocycles. The number of carbonyl (C=O) groups excluding carboxylic acids is 2. The number of nitrogens with one attached hydrogen (secondary N) is 2. The molecule has 186 valence electrons. The van der Waals surface area contributed by atoms with Crippen LogP contribution in [0.15, 0.2) is 48.5 Å². The first kappa shape index (κ1) is 24.8. The third-order valence-corrected chi connectivity index (χ3v) is 7.37. The number of amides is 2. The molecule has 0 aromatic heterocycles. The molecule has 1 fully saturated rings. The summed E-state index contributed by atoms with van der Waals surface area (Å²) in [7, 11) is 0. The molecule has 2 aliphatic rings. The predicted molar refractivity (Wildman–Crippen MR) is 133 cm³/mol. The number of hydrogen-bond acceptors (Lipinski definition) is 4. The van der Waals surface area contributed by atoms with Crippen molar-refractivity contribution in [3.8, 4) is 11.1 Å². The van der Waals surface area contributed by atoms with Crippen LogP contribution >= 0.6 is 0 Å². The topological polar surface area (TPSA) is 105 Å². The Kier molecular flexibility index (Phi) is 7.73. The van der Waals surface area contributed by atoms with E-state index in [0.29, 0.717) is 25.7 Å². The van der Waals surface area contributed by atoms with E-state index in [1.165, 1.54) is 11.1 Å². The van der Waals surface area contributed by atoms with Crippen LogP contribution in [0.4, 0.5) is 4.79 Å². The van der Waals surface area contributed by atoms with E-state index in [1.54, 1.807) is 0 Å². The number of carboxylic acids is 1. The number of carboxylic acid groups (broad SMARTS) is 1. The third kappa shape index (κ3) is 5.66. The maximum absolute atomic E-state index is 12.9. The summed E-state index contributed by atoms with van der Waals surface area (Å²) < 4.78 is 5.60. The first-order valence-corrected chi connectivity index (χ1v) is 12.5. The molecule has 0 spiro atoms. The van der Waals surface area contributed by atoms with Gasteiger partial charge < -0.3 is 20.5 Å². The highest BCUT2D eigenvalue weighted by Gasteiger charge is 2.31. The molecule has 0 radical (unpaired) electrons. The molecule has 1 saturated carbocycles. The van der Waals surface area contributed by atoms with Crippen LogP contribution in [0.5, 0.6) is 0 Å². The highest BCUT2D eigenvalue weighted by Crippen LogP contribution is 2.44. The van der Waals surface area contributed by atoms with Crippen molar-refractivity contribution in [2.75, 3.05) is 13.2 Å². The van der Waals surface area contributed by atoms with E-state index < -0.39 is 18.0 Å². The first-order valence-electron chi connectivity index (χ1n) is 12.5. The van der Waals surface area contributed by atoms with Crippen LogP contribution in [-0.4, -0.2) is 42.3 Å². The van der Waals surface area contributed by atoms with Gasteiger partial charge in [-0.1, -0.05) is 62.4 Å². The zero-order valence-electron chi connectivity index (χ0n) is 20.3. The Morgan fingerprint density at radius 2 is 1.51 bits per heavy atom. The largest absolute Gasteiger partial charge is 0.481 e. The van der Waals surface area contributed by atoms with E-state index in [9.17, 15) is 14.4 Å². The van der Waals surface area contributed by atoms with Crippen molar-refractivity contribution in [2.45, 2.75) is 51.5 Å². The van der Waals surface area contributed by atoms with Gasteiger partial charge in [0.1, 0.15) is 6.61 Å². The van der Waals surface area contributed by atoms with E-state index >= 15 is 0 Å². The summed E-state index contributed by atoms with van der Waals surface area (Å²) in [4.78, 5) is 36.6. The van der Waals surface area contributed by atoms with Crippen molar-refractivity contribution >= 4 is 18.0 Å². The van der Waals surface area contributed by atoms with Crippen LogP contribution in [0, 0.1) is 17.8 Å². The smallest absolute Gasteiger partial charge is 0.407 e. The Bertz CT molecular complexity index is 1030. The normalized spacial score (nSPS) is 20.0. The highest BCUT2D eigenvalue weighted by molar-refractivity contribution is 5.81. The first-order chi connectivity index (χ1) is 16.8. The lowest BCUT2D eigenvalue weighted by Crippen LogP contribution is -2.46. The van der Waals surface area contributed by atoms with Crippen molar-refractivity contribution in [1.29, 1.82) is 0 Å². The van der Waals surface area contributed by atoms with E-state index in [4.69, 9.17) is 9.84 Å². The van der Waals surface area contributed by atoms with Crippen molar-refractivity contribution in [2.24, 2.45) is 17.8 Å². The zero-order chi connectivity index (χ0) is 24.9. The molecule has 1 unspecified atom stereocenters. The number of fused-ring (bicyclic) bond motifs is 3. The van der Waals surface area contributed by atoms with Crippen LogP contribution in [0.2, 0.25) is 0 Å². The van der Waals surface area contributed by atoms with Gasteiger partial charge in [0.25, 0.3) is 0 Å². The van der Waals surface area contributed by atoms with Crippen molar-refractivity contribution in [3.63, 3.8) is 0 Å². The van der Waals surface area contributed by atoms with Gasteiger partial charge in [-0.2, -0.15) is 0 Å². The van der Waals surface area contributed by atoms with Crippen molar-refractivity contribution < 1.29 is 24.2 Å². The van der Waals surface area contributed by atoms with Crippen LogP contribution in [0.1, 0.15) is 56.6 Å². The lowest BCUT2D eigenvalue weighted by atomic mass is 9.85. The number of benzene rings is 2. The number of hydrogen-bond donors (Lipinski definition) is 3. The minimum Gasteiger partial charge on any atom is -0.481 e.